The largest absolute Gasteiger partial charge is 0.485 e. The summed E-state index contributed by atoms with van der Waals surface area (Å²) in [4.78, 5) is 4.10. The van der Waals surface area contributed by atoms with Gasteiger partial charge in [0.2, 0.25) is 11.7 Å². The highest BCUT2D eigenvalue weighted by atomic mass is 19.1. The zero-order valence-corrected chi connectivity index (χ0v) is 9.97. The van der Waals surface area contributed by atoms with E-state index < -0.39 is 0 Å². The molecule has 0 amide bonds. The maximum atomic E-state index is 12.9. The van der Waals surface area contributed by atoms with Crippen molar-refractivity contribution in [3.63, 3.8) is 0 Å². The number of ether oxygens (including phenoxy) is 1. The van der Waals surface area contributed by atoms with Crippen molar-refractivity contribution in [2.45, 2.75) is 26.0 Å². The van der Waals surface area contributed by atoms with E-state index in [1.54, 1.807) is 12.1 Å². The number of nitrogens with two attached hydrogens (primary N) is 1. The molecule has 1 atom stereocenters. The Hall–Kier alpha value is -1.95. The topological polar surface area (TPSA) is 74.2 Å². The van der Waals surface area contributed by atoms with Gasteiger partial charge in [0.15, 0.2) is 6.61 Å². The Bertz CT molecular complexity index is 516. The lowest BCUT2D eigenvalue weighted by molar-refractivity contribution is 0.282. The first-order valence-electron chi connectivity index (χ1n) is 5.65. The van der Waals surface area contributed by atoms with Crippen LogP contribution in [0, 0.1) is 5.82 Å². The molecule has 2 aromatic rings. The second-order valence-electron chi connectivity index (χ2n) is 3.81. The molecule has 18 heavy (non-hydrogen) atoms. The number of aromatic nitrogens is 2. The summed E-state index contributed by atoms with van der Waals surface area (Å²) in [6.45, 7) is 2.04. The second kappa shape index (κ2) is 5.59. The molecule has 0 saturated heterocycles. The number of hydrogen-bond donors (Lipinski definition) is 1. The van der Waals surface area contributed by atoms with Crippen molar-refractivity contribution in [1.82, 2.24) is 10.1 Å². The molecule has 0 saturated carbocycles. The Balaban J connectivity index is 1.96. The third-order valence-electron chi connectivity index (χ3n) is 2.40. The molecule has 1 aromatic carbocycles. The summed E-state index contributed by atoms with van der Waals surface area (Å²) >= 11 is 0. The maximum absolute atomic E-state index is 12.9. The Morgan fingerprint density at radius 1 is 1.50 bits per heavy atom. The predicted octanol–water partition coefficient (Wildman–Crippen LogP) is 2.20. The number of benzene rings is 1. The molecule has 96 valence electrons. The minimum absolute atomic E-state index is 0.114. The molecular formula is C12H14FN3O2. The molecule has 6 heteroatoms. The van der Waals surface area contributed by atoms with Crippen LogP contribution in [0.5, 0.6) is 5.75 Å². The van der Waals surface area contributed by atoms with Crippen LogP contribution in [0.15, 0.2) is 28.8 Å². The third kappa shape index (κ3) is 3.04. The van der Waals surface area contributed by atoms with Gasteiger partial charge in [0, 0.05) is 6.07 Å². The highest BCUT2D eigenvalue weighted by Crippen LogP contribution is 2.15. The molecule has 0 unspecified atom stereocenters. The van der Waals surface area contributed by atoms with Gasteiger partial charge in [0.1, 0.15) is 11.6 Å². The molecule has 2 rings (SSSR count). The molecule has 0 aliphatic heterocycles. The van der Waals surface area contributed by atoms with Crippen molar-refractivity contribution < 1.29 is 13.7 Å². The van der Waals surface area contributed by atoms with E-state index in [9.17, 15) is 4.39 Å². The Kier molecular flexibility index (Phi) is 3.88. The van der Waals surface area contributed by atoms with Crippen LogP contribution in [-0.4, -0.2) is 10.1 Å². The Labute approximate surface area is 104 Å². The van der Waals surface area contributed by atoms with Crippen LogP contribution in [0.25, 0.3) is 0 Å². The minimum Gasteiger partial charge on any atom is -0.485 e. The average molecular weight is 251 g/mol. The van der Waals surface area contributed by atoms with Gasteiger partial charge in [-0.2, -0.15) is 4.98 Å². The van der Waals surface area contributed by atoms with Gasteiger partial charge in [-0.25, -0.2) is 4.39 Å². The van der Waals surface area contributed by atoms with Crippen molar-refractivity contribution in [1.29, 1.82) is 0 Å². The van der Waals surface area contributed by atoms with E-state index in [2.05, 4.69) is 10.1 Å². The monoisotopic (exact) mass is 251 g/mol. The first-order valence-corrected chi connectivity index (χ1v) is 5.65. The molecule has 0 spiro atoms. The summed E-state index contributed by atoms with van der Waals surface area (Å²) in [5.41, 5.74) is 5.75. The van der Waals surface area contributed by atoms with Gasteiger partial charge < -0.3 is 15.0 Å². The van der Waals surface area contributed by atoms with Crippen molar-refractivity contribution >= 4 is 0 Å². The molecular weight excluding hydrogens is 237 g/mol. The van der Waals surface area contributed by atoms with Gasteiger partial charge in [-0.15, -0.1) is 0 Å². The lowest BCUT2D eigenvalue weighted by Crippen LogP contribution is -2.09. The summed E-state index contributed by atoms with van der Waals surface area (Å²) in [5.74, 6) is 0.837. The van der Waals surface area contributed by atoms with Crippen molar-refractivity contribution in [2.75, 3.05) is 0 Å². The van der Waals surface area contributed by atoms with Crippen LogP contribution >= 0.6 is 0 Å². The first-order chi connectivity index (χ1) is 8.69. The highest BCUT2D eigenvalue weighted by Gasteiger charge is 2.12. The van der Waals surface area contributed by atoms with E-state index in [0.29, 0.717) is 23.9 Å². The third-order valence-corrected chi connectivity index (χ3v) is 2.40. The number of halogens is 1. The van der Waals surface area contributed by atoms with Gasteiger partial charge >= 0.3 is 0 Å². The minimum atomic E-state index is -0.352. The van der Waals surface area contributed by atoms with Crippen LogP contribution in [0.2, 0.25) is 0 Å². The molecule has 1 heterocycles. The van der Waals surface area contributed by atoms with Gasteiger partial charge in [-0.1, -0.05) is 18.1 Å². The summed E-state index contributed by atoms with van der Waals surface area (Å²) in [6, 6.07) is 5.60. The van der Waals surface area contributed by atoms with Crippen LogP contribution in [-0.2, 0) is 6.61 Å². The molecule has 0 aliphatic carbocycles. The second-order valence-corrected chi connectivity index (χ2v) is 3.81. The fourth-order valence-corrected chi connectivity index (χ4v) is 1.36. The van der Waals surface area contributed by atoms with Crippen LogP contribution in [0.4, 0.5) is 4.39 Å². The Morgan fingerprint density at radius 3 is 3.06 bits per heavy atom. The molecule has 2 N–H and O–H groups in total. The smallest absolute Gasteiger partial charge is 0.243 e. The normalized spacial score (nSPS) is 12.4. The van der Waals surface area contributed by atoms with E-state index >= 15 is 0 Å². The summed E-state index contributed by atoms with van der Waals surface area (Å²) in [7, 11) is 0. The van der Waals surface area contributed by atoms with Crippen molar-refractivity contribution in [3.05, 3.63) is 41.8 Å². The zero-order valence-electron chi connectivity index (χ0n) is 9.97. The van der Waals surface area contributed by atoms with Crippen LogP contribution < -0.4 is 10.5 Å². The zero-order chi connectivity index (χ0) is 13.0. The molecule has 0 radical (unpaired) electrons. The molecule has 0 aliphatic rings. The van der Waals surface area contributed by atoms with E-state index in [-0.39, 0.29) is 18.5 Å². The quantitative estimate of drug-likeness (QED) is 0.881. The molecule has 5 nitrogen and oxygen atoms in total. The number of hydrogen-bond acceptors (Lipinski definition) is 5. The van der Waals surface area contributed by atoms with Gasteiger partial charge in [-0.05, 0) is 18.6 Å². The van der Waals surface area contributed by atoms with Crippen molar-refractivity contribution in [3.8, 4) is 5.75 Å². The predicted molar refractivity (Wildman–Crippen MR) is 62.2 cm³/mol. The lowest BCUT2D eigenvalue weighted by atomic mass is 10.2. The molecule has 1 aromatic heterocycles. The van der Waals surface area contributed by atoms with E-state index in [4.69, 9.17) is 15.0 Å². The lowest BCUT2D eigenvalue weighted by Gasteiger charge is -2.02. The SMILES string of the molecule is CC[C@H](N)c1nc(COc2cccc(F)c2)no1. The fourth-order valence-electron chi connectivity index (χ4n) is 1.36. The van der Waals surface area contributed by atoms with Crippen LogP contribution in [0.1, 0.15) is 31.1 Å². The van der Waals surface area contributed by atoms with Gasteiger partial charge in [-0.3, -0.25) is 0 Å². The highest BCUT2D eigenvalue weighted by molar-refractivity contribution is 5.22. The fraction of sp³-hybridized carbons (Fsp3) is 0.333. The average Bonchev–Trinajstić information content (AvgIpc) is 2.84. The summed E-state index contributed by atoms with van der Waals surface area (Å²) < 4.78 is 23.2. The van der Waals surface area contributed by atoms with Crippen LogP contribution in [0.3, 0.4) is 0 Å². The number of nitrogens with zero attached hydrogens (tertiary/aromatic N) is 2. The summed E-state index contributed by atoms with van der Waals surface area (Å²) in [5, 5.41) is 3.74. The maximum Gasteiger partial charge on any atom is 0.243 e. The van der Waals surface area contributed by atoms with Crippen molar-refractivity contribution in [2.24, 2.45) is 5.73 Å². The number of rotatable bonds is 5. The van der Waals surface area contributed by atoms with E-state index in [1.807, 2.05) is 6.92 Å². The van der Waals surface area contributed by atoms with Gasteiger partial charge in [0.25, 0.3) is 0 Å². The molecule has 0 fully saturated rings. The van der Waals surface area contributed by atoms with E-state index in [0.717, 1.165) is 0 Å². The standard InChI is InChI=1S/C12H14FN3O2/c1-2-10(14)12-15-11(16-18-12)7-17-9-5-3-4-8(13)6-9/h3-6,10H,2,7,14H2,1H3/t10-/m0/s1. The van der Waals surface area contributed by atoms with Gasteiger partial charge in [0.05, 0.1) is 6.04 Å². The molecule has 0 bridgehead atoms. The first kappa shape index (κ1) is 12.5. The Morgan fingerprint density at radius 2 is 2.33 bits per heavy atom. The van der Waals surface area contributed by atoms with E-state index in [1.165, 1.54) is 12.1 Å². The summed E-state index contributed by atoms with van der Waals surface area (Å²) in [6.07, 6.45) is 0.715.